The molecule has 0 saturated heterocycles. The van der Waals surface area contributed by atoms with Gasteiger partial charge in [0.15, 0.2) is 0 Å². The van der Waals surface area contributed by atoms with Crippen LogP contribution in [-0.2, 0) is 0 Å². The molecule has 0 saturated carbocycles. The van der Waals surface area contributed by atoms with Crippen LogP contribution in [0.2, 0.25) is 0 Å². The van der Waals surface area contributed by atoms with Gasteiger partial charge in [-0.25, -0.2) is 0 Å². The minimum atomic E-state index is 1.06. The van der Waals surface area contributed by atoms with Crippen molar-refractivity contribution in [1.29, 1.82) is 0 Å². The second kappa shape index (κ2) is 10.8. The summed E-state index contributed by atoms with van der Waals surface area (Å²) in [4.78, 5) is 0. The third-order valence-electron chi connectivity index (χ3n) is 7.10. The summed E-state index contributed by atoms with van der Waals surface area (Å²) in [6.45, 7) is 4.28. The van der Waals surface area contributed by atoms with E-state index in [-0.39, 0.29) is 0 Å². The van der Waals surface area contributed by atoms with E-state index in [9.17, 15) is 0 Å². The van der Waals surface area contributed by atoms with E-state index in [0.717, 1.165) is 20.2 Å². The van der Waals surface area contributed by atoms with Crippen LogP contribution < -0.4 is 0 Å². The SMILES string of the molecule is Cc1ccc(-c2c(-c3ccc(Br)cc3)c(-c3ccc(C)cc3)n(-c3ccccc3)c2-c2ccc(Br)cc2)cc1. The molecule has 6 rings (SSSR count). The van der Waals surface area contributed by atoms with Crippen molar-refractivity contribution in [2.45, 2.75) is 13.8 Å². The van der Waals surface area contributed by atoms with Crippen molar-refractivity contribution < 1.29 is 0 Å². The van der Waals surface area contributed by atoms with Crippen LogP contribution in [0.5, 0.6) is 0 Å². The Morgan fingerprint density at radius 3 is 1.21 bits per heavy atom. The molecule has 0 fully saturated rings. The molecule has 0 radical (unpaired) electrons. The third-order valence-corrected chi connectivity index (χ3v) is 8.16. The highest BCUT2D eigenvalue weighted by Crippen LogP contribution is 2.50. The van der Waals surface area contributed by atoms with Crippen molar-refractivity contribution in [1.82, 2.24) is 4.57 Å². The monoisotopic (exact) mass is 631 g/mol. The summed E-state index contributed by atoms with van der Waals surface area (Å²) in [5.74, 6) is 0. The van der Waals surface area contributed by atoms with Gasteiger partial charge in [-0.3, -0.25) is 0 Å². The van der Waals surface area contributed by atoms with Crippen molar-refractivity contribution in [2.75, 3.05) is 0 Å². The molecular weight excluding hydrogens is 606 g/mol. The number of halogens is 2. The average Bonchev–Trinajstić information content (AvgIpc) is 3.31. The van der Waals surface area contributed by atoms with Gasteiger partial charge in [-0.2, -0.15) is 0 Å². The summed E-state index contributed by atoms with van der Waals surface area (Å²) < 4.78 is 4.57. The smallest absolute Gasteiger partial charge is 0.0619 e. The van der Waals surface area contributed by atoms with Crippen LogP contribution in [0.3, 0.4) is 0 Å². The predicted molar refractivity (Wildman–Crippen MR) is 172 cm³/mol. The van der Waals surface area contributed by atoms with E-state index in [2.05, 4.69) is 178 Å². The fourth-order valence-electron chi connectivity index (χ4n) is 5.17. The van der Waals surface area contributed by atoms with E-state index < -0.39 is 0 Å². The molecule has 6 aromatic rings. The molecule has 0 amide bonds. The maximum atomic E-state index is 3.65. The van der Waals surface area contributed by atoms with Gasteiger partial charge in [0, 0.05) is 25.8 Å². The number of hydrogen-bond donors (Lipinski definition) is 0. The first kappa shape index (κ1) is 25.6. The van der Waals surface area contributed by atoms with Crippen LogP contribution in [-0.4, -0.2) is 4.57 Å². The van der Waals surface area contributed by atoms with Crippen LogP contribution in [0, 0.1) is 13.8 Å². The van der Waals surface area contributed by atoms with E-state index in [0.29, 0.717) is 0 Å². The second-order valence-electron chi connectivity index (χ2n) is 9.86. The number of benzene rings is 5. The number of para-hydroxylation sites is 1. The Kier molecular flexibility index (Phi) is 7.12. The number of aromatic nitrogens is 1. The zero-order valence-electron chi connectivity index (χ0n) is 21.8. The quantitative estimate of drug-likeness (QED) is 0.178. The second-order valence-corrected chi connectivity index (χ2v) is 11.7. The van der Waals surface area contributed by atoms with Crippen molar-refractivity contribution >= 4 is 31.9 Å². The molecule has 3 heteroatoms. The normalized spacial score (nSPS) is 11.1. The Morgan fingerprint density at radius 1 is 0.410 bits per heavy atom. The molecule has 0 spiro atoms. The van der Waals surface area contributed by atoms with E-state index >= 15 is 0 Å². The van der Waals surface area contributed by atoms with Gasteiger partial charge < -0.3 is 4.57 Å². The predicted octanol–water partition coefficient (Wildman–Crippen LogP) is 11.3. The van der Waals surface area contributed by atoms with Crippen LogP contribution in [0.4, 0.5) is 0 Å². The first-order chi connectivity index (χ1) is 19.0. The molecule has 0 bridgehead atoms. The summed E-state index contributed by atoms with van der Waals surface area (Å²) in [7, 11) is 0. The lowest BCUT2D eigenvalue weighted by Gasteiger charge is -2.16. The molecule has 1 aromatic heterocycles. The fourth-order valence-corrected chi connectivity index (χ4v) is 5.70. The maximum absolute atomic E-state index is 3.65. The molecule has 1 nitrogen and oxygen atoms in total. The Morgan fingerprint density at radius 2 is 0.769 bits per heavy atom. The number of hydrogen-bond acceptors (Lipinski definition) is 0. The zero-order chi connectivity index (χ0) is 26.9. The lowest BCUT2D eigenvalue weighted by Crippen LogP contribution is -2.00. The molecule has 0 N–H and O–H groups in total. The summed E-state index contributed by atoms with van der Waals surface area (Å²) in [6.07, 6.45) is 0. The highest BCUT2D eigenvalue weighted by atomic mass is 79.9. The fraction of sp³-hybridized carbons (Fsp3) is 0.0556. The molecule has 0 aliphatic carbocycles. The van der Waals surface area contributed by atoms with Crippen LogP contribution in [0.15, 0.2) is 136 Å². The van der Waals surface area contributed by atoms with Crippen molar-refractivity contribution in [2.24, 2.45) is 0 Å². The Bertz CT molecular complexity index is 1620. The summed E-state index contributed by atoms with van der Waals surface area (Å²) in [5, 5.41) is 0. The van der Waals surface area contributed by atoms with Crippen molar-refractivity contribution in [3.05, 3.63) is 147 Å². The number of nitrogens with zero attached hydrogens (tertiary/aromatic N) is 1. The first-order valence-electron chi connectivity index (χ1n) is 13.0. The third kappa shape index (κ3) is 5.05. The highest BCUT2D eigenvalue weighted by Gasteiger charge is 2.27. The average molecular weight is 633 g/mol. The van der Waals surface area contributed by atoms with E-state index in [1.54, 1.807) is 0 Å². The molecule has 0 unspecified atom stereocenters. The summed E-state index contributed by atoms with van der Waals surface area (Å²) in [6, 6.07) is 45.9. The molecule has 1 heterocycles. The van der Waals surface area contributed by atoms with E-state index in [1.165, 1.54) is 50.3 Å². The topological polar surface area (TPSA) is 4.93 Å². The first-order valence-corrected chi connectivity index (χ1v) is 14.6. The Labute approximate surface area is 247 Å². The lowest BCUT2D eigenvalue weighted by molar-refractivity contribution is 1.10. The van der Waals surface area contributed by atoms with Gasteiger partial charge in [-0.1, -0.05) is 134 Å². The van der Waals surface area contributed by atoms with Gasteiger partial charge in [0.25, 0.3) is 0 Å². The standard InChI is InChI=1S/C36H27Br2N/c1-24-8-12-26(13-9-24)33-34(27-16-20-30(37)21-17-27)35(28-14-10-25(2)11-15-28)39(32-6-4-3-5-7-32)36(33)29-18-22-31(38)23-19-29/h3-23H,1-2H3. The van der Waals surface area contributed by atoms with E-state index in [1.807, 2.05) is 0 Å². The molecule has 5 aromatic carbocycles. The van der Waals surface area contributed by atoms with Gasteiger partial charge in [0.1, 0.15) is 0 Å². The zero-order valence-corrected chi connectivity index (χ0v) is 25.0. The van der Waals surface area contributed by atoms with Crippen molar-refractivity contribution in [3.63, 3.8) is 0 Å². The van der Waals surface area contributed by atoms with Gasteiger partial charge >= 0.3 is 0 Å². The summed E-state index contributed by atoms with van der Waals surface area (Å²) >= 11 is 7.30. The van der Waals surface area contributed by atoms with Gasteiger partial charge in [-0.05, 0) is 72.5 Å². The maximum Gasteiger partial charge on any atom is 0.0619 e. The molecule has 0 atom stereocenters. The molecule has 190 valence electrons. The van der Waals surface area contributed by atoms with E-state index in [4.69, 9.17) is 0 Å². The number of rotatable bonds is 5. The largest absolute Gasteiger partial charge is 0.308 e. The lowest BCUT2D eigenvalue weighted by atomic mass is 9.91. The summed E-state index contributed by atoms with van der Waals surface area (Å²) in [5.41, 5.74) is 13.1. The molecular formula is C36H27Br2N. The molecule has 39 heavy (non-hydrogen) atoms. The van der Waals surface area contributed by atoms with Gasteiger partial charge in [0.05, 0.1) is 11.4 Å². The minimum Gasteiger partial charge on any atom is -0.308 e. The van der Waals surface area contributed by atoms with Crippen LogP contribution in [0.25, 0.3) is 50.5 Å². The van der Waals surface area contributed by atoms with Crippen molar-refractivity contribution in [3.8, 4) is 50.5 Å². The molecule has 0 aliphatic heterocycles. The highest BCUT2D eigenvalue weighted by molar-refractivity contribution is 9.10. The molecule has 0 aliphatic rings. The Balaban J connectivity index is 1.84. The van der Waals surface area contributed by atoms with Gasteiger partial charge in [0.2, 0.25) is 0 Å². The number of aryl methyl sites for hydroxylation is 2. The Hall–Kier alpha value is -3.66. The van der Waals surface area contributed by atoms with Crippen LogP contribution >= 0.6 is 31.9 Å². The van der Waals surface area contributed by atoms with Gasteiger partial charge in [-0.15, -0.1) is 0 Å². The minimum absolute atomic E-state index is 1.06. The van der Waals surface area contributed by atoms with Crippen LogP contribution in [0.1, 0.15) is 11.1 Å².